The molecule has 1 N–H and O–H groups in total. The summed E-state index contributed by atoms with van der Waals surface area (Å²) in [6.45, 7) is 3.33. The minimum atomic E-state index is -3.15. The monoisotopic (exact) mass is 284 g/mol. The molecular weight excluding hydrogens is 264 g/mol. The molecule has 2 aliphatic rings. The molecule has 3 rings (SSSR count). The van der Waals surface area contributed by atoms with Crippen LogP contribution in [0.4, 0.5) is 0 Å². The van der Waals surface area contributed by atoms with Gasteiger partial charge in [-0.1, -0.05) is 0 Å². The lowest BCUT2D eigenvalue weighted by Crippen LogP contribution is -2.43. The largest absolute Gasteiger partial charge is 0.295 e. The molecule has 0 aromatic carbocycles. The van der Waals surface area contributed by atoms with Crippen molar-refractivity contribution in [2.45, 2.75) is 25.4 Å². The van der Waals surface area contributed by atoms with E-state index in [-0.39, 0.29) is 6.04 Å². The quantitative estimate of drug-likeness (QED) is 0.839. The van der Waals surface area contributed by atoms with Gasteiger partial charge in [-0.2, -0.15) is 5.10 Å². The van der Waals surface area contributed by atoms with Gasteiger partial charge in [0.2, 0.25) is 10.0 Å². The number of hydrogen-bond acceptors (Lipinski definition) is 4. The highest BCUT2D eigenvalue weighted by atomic mass is 32.2. The van der Waals surface area contributed by atoms with Crippen LogP contribution in [0.5, 0.6) is 0 Å². The predicted molar refractivity (Wildman–Crippen MR) is 72.1 cm³/mol. The van der Waals surface area contributed by atoms with Crippen LogP contribution in [-0.4, -0.2) is 49.0 Å². The van der Waals surface area contributed by atoms with Gasteiger partial charge in [0.05, 0.1) is 18.0 Å². The maximum Gasteiger partial charge on any atom is 0.208 e. The van der Waals surface area contributed by atoms with Crippen LogP contribution < -0.4 is 4.72 Å². The molecule has 0 bridgehead atoms. The Kier molecular flexibility index (Phi) is 3.36. The molecule has 6 nitrogen and oxygen atoms in total. The Hall–Kier alpha value is -0.920. The molecule has 1 aliphatic carbocycles. The maximum absolute atomic E-state index is 11.2. The molecule has 0 radical (unpaired) electrons. The Balaban J connectivity index is 1.70. The molecule has 7 heteroatoms. The van der Waals surface area contributed by atoms with E-state index < -0.39 is 10.0 Å². The summed E-state index contributed by atoms with van der Waals surface area (Å²) < 4.78 is 27.0. The zero-order chi connectivity index (χ0) is 13.5. The summed E-state index contributed by atoms with van der Waals surface area (Å²) >= 11 is 0. The molecule has 1 saturated carbocycles. The summed E-state index contributed by atoms with van der Waals surface area (Å²) in [5.41, 5.74) is 1.17. The van der Waals surface area contributed by atoms with Crippen LogP contribution in [-0.2, 0) is 16.6 Å². The van der Waals surface area contributed by atoms with Gasteiger partial charge in [0.15, 0.2) is 0 Å². The molecule has 0 unspecified atom stereocenters. The summed E-state index contributed by atoms with van der Waals surface area (Å²) in [6, 6.07) is 2.11. The van der Waals surface area contributed by atoms with E-state index in [4.69, 9.17) is 0 Å². The molecule has 0 saturated heterocycles. The second kappa shape index (κ2) is 4.88. The van der Waals surface area contributed by atoms with Crippen molar-refractivity contribution in [2.24, 2.45) is 5.92 Å². The minimum absolute atomic E-state index is 0.0900. The van der Waals surface area contributed by atoms with E-state index in [1.165, 1.54) is 24.8 Å². The Morgan fingerprint density at radius 1 is 1.47 bits per heavy atom. The Bertz CT molecular complexity index is 550. The number of rotatable bonds is 5. The zero-order valence-electron chi connectivity index (χ0n) is 11.1. The van der Waals surface area contributed by atoms with Crippen molar-refractivity contribution >= 4 is 10.0 Å². The van der Waals surface area contributed by atoms with Crippen LogP contribution >= 0.6 is 0 Å². The van der Waals surface area contributed by atoms with E-state index in [0.29, 0.717) is 6.54 Å². The van der Waals surface area contributed by atoms with E-state index in [0.717, 1.165) is 25.6 Å². The first-order valence-electron chi connectivity index (χ1n) is 6.70. The number of aromatic nitrogens is 2. The second-order valence-electron chi connectivity index (χ2n) is 5.68. The first kappa shape index (κ1) is 13.1. The maximum atomic E-state index is 11.2. The first-order chi connectivity index (χ1) is 9.01. The summed E-state index contributed by atoms with van der Waals surface area (Å²) in [6.07, 6.45) is 5.66. The summed E-state index contributed by atoms with van der Waals surface area (Å²) in [7, 11) is -3.15. The number of nitrogens with one attached hydrogen (secondary N) is 1. The predicted octanol–water partition coefficient (Wildman–Crippen LogP) is 0.199. The van der Waals surface area contributed by atoms with E-state index in [1.54, 1.807) is 6.20 Å². The molecule has 2 heterocycles. The highest BCUT2D eigenvalue weighted by Crippen LogP contribution is 2.31. The summed E-state index contributed by atoms with van der Waals surface area (Å²) in [5.74, 6) is 0.845. The average molecular weight is 284 g/mol. The Morgan fingerprint density at radius 2 is 2.26 bits per heavy atom. The van der Waals surface area contributed by atoms with Crippen molar-refractivity contribution < 1.29 is 8.42 Å². The summed E-state index contributed by atoms with van der Waals surface area (Å²) in [4.78, 5) is 2.42. The number of nitrogens with zero attached hydrogens (tertiary/aromatic N) is 3. The Labute approximate surface area is 113 Å². The molecule has 1 aromatic heterocycles. The molecule has 19 heavy (non-hydrogen) atoms. The molecule has 0 spiro atoms. The van der Waals surface area contributed by atoms with Gasteiger partial charge < -0.3 is 0 Å². The molecule has 1 aromatic rings. The lowest BCUT2D eigenvalue weighted by molar-refractivity contribution is 0.169. The van der Waals surface area contributed by atoms with Crippen molar-refractivity contribution in [3.8, 4) is 0 Å². The molecular formula is C12H20N4O2S. The second-order valence-corrected chi connectivity index (χ2v) is 7.51. The van der Waals surface area contributed by atoms with Crippen LogP contribution in [0.3, 0.4) is 0 Å². The standard InChI is InChI=1S/C12H20N4O2S/c1-19(17,18)14-6-12-9-15(7-10-2-3-10)8-11-4-5-13-16(11)12/h4-5,10,12,14H,2-3,6-9H2,1H3/t12-/m0/s1. The number of fused-ring (bicyclic) bond motifs is 1. The number of sulfonamides is 1. The van der Waals surface area contributed by atoms with Crippen molar-refractivity contribution in [3.63, 3.8) is 0 Å². The van der Waals surface area contributed by atoms with Crippen molar-refractivity contribution in [1.82, 2.24) is 19.4 Å². The van der Waals surface area contributed by atoms with Crippen LogP contribution in [0.2, 0.25) is 0 Å². The van der Waals surface area contributed by atoms with Gasteiger partial charge in [-0.3, -0.25) is 9.58 Å². The van der Waals surface area contributed by atoms with Crippen LogP contribution in [0, 0.1) is 5.92 Å². The normalized spacial score (nSPS) is 24.4. The van der Waals surface area contributed by atoms with E-state index >= 15 is 0 Å². The first-order valence-corrected chi connectivity index (χ1v) is 8.60. The fourth-order valence-corrected chi connectivity index (χ4v) is 3.16. The third kappa shape index (κ3) is 3.34. The van der Waals surface area contributed by atoms with Crippen molar-refractivity contribution in [1.29, 1.82) is 0 Å². The fraction of sp³-hybridized carbons (Fsp3) is 0.750. The highest BCUT2D eigenvalue weighted by Gasteiger charge is 2.30. The van der Waals surface area contributed by atoms with Gasteiger partial charge in [-0.15, -0.1) is 0 Å². The smallest absolute Gasteiger partial charge is 0.208 e. The highest BCUT2D eigenvalue weighted by molar-refractivity contribution is 7.88. The van der Waals surface area contributed by atoms with Gasteiger partial charge in [-0.25, -0.2) is 13.1 Å². The van der Waals surface area contributed by atoms with Gasteiger partial charge in [0, 0.05) is 32.4 Å². The van der Waals surface area contributed by atoms with E-state index in [2.05, 4.69) is 14.7 Å². The molecule has 106 valence electrons. The van der Waals surface area contributed by atoms with Crippen LogP contribution in [0.1, 0.15) is 24.6 Å². The minimum Gasteiger partial charge on any atom is -0.295 e. The fourth-order valence-electron chi connectivity index (χ4n) is 2.67. The summed E-state index contributed by atoms with van der Waals surface area (Å²) in [5, 5.41) is 4.32. The molecule has 1 atom stereocenters. The van der Waals surface area contributed by atoms with Crippen molar-refractivity contribution in [3.05, 3.63) is 18.0 Å². The average Bonchev–Trinajstić information content (AvgIpc) is 3.00. The zero-order valence-corrected chi connectivity index (χ0v) is 11.9. The van der Waals surface area contributed by atoms with Crippen molar-refractivity contribution in [2.75, 3.05) is 25.9 Å². The third-order valence-electron chi connectivity index (χ3n) is 3.75. The lowest BCUT2D eigenvalue weighted by Gasteiger charge is -2.33. The van der Waals surface area contributed by atoms with E-state index in [9.17, 15) is 8.42 Å². The van der Waals surface area contributed by atoms with Crippen LogP contribution in [0.25, 0.3) is 0 Å². The van der Waals surface area contributed by atoms with Gasteiger partial charge >= 0.3 is 0 Å². The van der Waals surface area contributed by atoms with Gasteiger partial charge in [0.1, 0.15) is 0 Å². The van der Waals surface area contributed by atoms with E-state index in [1.807, 2.05) is 10.7 Å². The Morgan fingerprint density at radius 3 is 2.95 bits per heavy atom. The van der Waals surface area contributed by atoms with Crippen LogP contribution in [0.15, 0.2) is 12.3 Å². The third-order valence-corrected chi connectivity index (χ3v) is 4.44. The SMILES string of the molecule is CS(=O)(=O)NC[C@H]1CN(CC2CC2)Cc2ccnn21. The van der Waals surface area contributed by atoms with Gasteiger partial charge in [0.25, 0.3) is 0 Å². The molecule has 1 fully saturated rings. The molecule has 0 amide bonds. The number of hydrogen-bond donors (Lipinski definition) is 1. The van der Waals surface area contributed by atoms with Gasteiger partial charge in [-0.05, 0) is 24.8 Å². The molecule has 1 aliphatic heterocycles. The lowest BCUT2D eigenvalue weighted by atomic mass is 10.2. The topological polar surface area (TPSA) is 67.2 Å².